The standard InChI is InChI=1S/C13H13BrIN3S/c1-8-12(15)13(16-2)18-11(17-8)7-19-10-5-3-9(14)4-6-10/h3-6H,7H2,1-2H3,(H,16,17,18). The van der Waals surface area contributed by atoms with E-state index in [1.54, 1.807) is 11.8 Å². The molecule has 1 aromatic heterocycles. The average Bonchev–Trinajstić information content (AvgIpc) is 2.41. The van der Waals surface area contributed by atoms with Gasteiger partial charge < -0.3 is 5.32 Å². The summed E-state index contributed by atoms with van der Waals surface area (Å²) in [5, 5.41) is 3.11. The smallest absolute Gasteiger partial charge is 0.143 e. The van der Waals surface area contributed by atoms with E-state index in [9.17, 15) is 0 Å². The highest BCUT2D eigenvalue weighted by atomic mass is 127. The Kier molecular flexibility index (Phi) is 5.47. The minimum atomic E-state index is 0.772. The lowest BCUT2D eigenvalue weighted by Gasteiger charge is -2.08. The van der Waals surface area contributed by atoms with Crippen LogP contribution < -0.4 is 5.32 Å². The predicted molar refractivity (Wildman–Crippen MR) is 92.7 cm³/mol. The maximum atomic E-state index is 4.53. The van der Waals surface area contributed by atoms with Crippen LogP contribution in [0.25, 0.3) is 0 Å². The predicted octanol–water partition coefficient (Wildman–Crippen LogP) is 4.49. The Hall–Kier alpha value is -0.340. The quantitative estimate of drug-likeness (QED) is 0.551. The second kappa shape index (κ2) is 6.90. The fourth-order valence-electron chi connectivity index (χ4n) is 1.53. The van der Waals surface area contributed by atoms with Crippen LogP contribution in [0.3, 0.4) is 0 Å². The molecule has 0 bridgehead atoms. The van der Waals surface area contributed by atoms with Gasteiger partial charge in [0.15, 0.2) is 0 Å². The molecule has 19 heavy (non-hydrogen) atoms. The molecule has 1 N–H and O–H groups in total. The number of aromatic nitrogens is 2. The SMILES string of the molecule is CNc1nc(CSc2ccc(Br)cc2)nc(C)c1I. The molecule has 0 spiro atoms. The number of anilines is 1. The number of halogens is 2. The fourth-order valence-corrected chi connectivity index (χ4v) is 3.05. The van der Waals surface area contributed by atoms with Crippen molar-refractivity contribution in [2.45, 2.75) is 17.6 Å². The van der Waals surface area contributed by atoms with Crippen LogP contribution in [-0.2, 0) is 5.75 Å². The van der Waals surface area contributed by atoms with Gasteiger partial charge in [0.25, 0.3) is 0 Å². The van der Waals surface area contributed by atoms with Crippen LogP contribution >= 0.6 is 50.3 Å². The average molecular weight is 450 g/mol. The highest BCUT2D eigenvalue weighted by molar-refractivity contribution is 14.1. The normalized spacial score (nSPS) is 10.5. The van der Waals surface area contributed by atoms with Gasteiger partial charge >= 0.3 is 0 Å². The van der Waals surface area contributed by atoms with Gasteiger partial charge in [-0.1, -0.05) is 15.9 Å². The van der Waals surface area contributed by atoms with E-state index in [0.717, 1.165) is 31.1 Å². The van der Waals surface area contributed by atoms with Crippen molar-refractivity contribution in [2.75, 3.05) is 12.4 Å². The Morgan fingerprint density at radius 1 is 1.26 bits per heavy atom. The van der Waals surface area contributed by atoms with Gasteiger partial charge in [0.1, 0.15) is 11.6 Å². The largest absolute Gasteiger partial charge is 0.372 e. The molecule has 0 amide bonds. The summed E-state index contributed by atoms with van der Waals surface area (Å²) in [7, 11) is 1.88. The first-order chi connectivity index (χ1) is 9.10. The third kappa shape index (κ3) is 4.06. The van der Waals surface area contributed by atoms with Crippen molar-refractivity contribution in [3.63, 3.8) is 0 Å². The van der Waals surface area contributed by atoms with Crippen molar-refractivity contribution in [2.24, 2.45) is 0 Å². The van der Waals surface area contributed by atoms with Crippen LogP contribution in [0.5, 0.6) is 0 Å². The number of hydrogen-bond donors (Lipinski definition) is 1. The van der Waals surface area contributed by atoms with Crippen LogP contribution in [0, 0.1) is 10.5 Å². The molecule has 3 nitrogen and oxygen atoms in total. The first kappa shape index (κ1) is 15.1. The lowest BCUT2D eigenvalue weighted by Crippen LogP contribution is -2.04. The summed E-state index contributed by atoms with van der Waals surface area (Å²) in [6, 6.07) is 8.27. The van der Waals surface area contributed by atoms with Crippen molar-refractivity contribution in [1.29, 1.82) is 0 Å². The lowest BCUT2D eigenvalue weighted by molar-refractivity contribution is 0.984. The number of nitrogens with one attached hydrogen (secondary N) is 1. The minimum absolute atomic E-state index is 0.772. The van der Waals surface area contributed by atoms with Crippen molar-refractivity contribution in [3.05, 3.63) is 43.8 Å². The van der Waals surface area contributed by atoms with Gasteiger partial charge in [-0.25, -0.2) is 9.97 Å². The molecule has 0 aliphatic heterocycles. The maximum Gasteiger partial charge on any atom is 0.143 e. The number of aryl methyl sites for hydroxylation is 1. The second-order valence-corrected chi connectivity index (χ2v) is 6.92. The Bertz CT molecular complexity index is 575. The maximum absolute atomic E-state index is 4.53. The van der Waals surface area contributed by atoms with Gasteiger partial charge in [0, 0.05) is 16.4 Å². The summed E-state index contributed by atoms with van der Waals surface area (Å²) in [5.41, 5.74) is 1.02. The Morgan fingerprint density at radius 2 is 1.95 bits per heavy atom. The first-order valence-electron chi connectivity index (χ1n) is 5.69. The minimum Gasteiger partial charge on any atom is -0.372 e. The fraction of sp³-hybridized carbons (Fsp3) is 0.231. The molecule has 0 aliphatic carbocycles. The molecule has 1 heterocycles. The molecular weight excluding hydrogens is 437 g/mol. The Labute approximate surface area is 139 Å². The van der Waals surface area contributed by atoms with E-state index in [0.29, 0.717) is 0 Å². The van der Waals surface area contributed by atoms with E-state index in [2.05, 4.69) is 65.9 Å². The molecule has 0 atom stereocenters. The zero-order valence-electron chi connectivity index (χ0n) is 10.6. The number of rotatable bonds is 4. The highest BCUT2D eigenvalue weighted by Crippen LogP contribution is 2.25. The van der Waals surface area contributed by atoms with Gasteiger partial charge in [-0.2, -0.15) is 0 Å². The third-order valence-electron chi connectivity index (χ3n) is 2.48. The summed E-state index contributed by atoms with van der Waals surface area (Å²) >= 11 is 7.44. The number of hydrogen-bond acceptors (Lipinski definition) is 4. The third-order valence-corrected chi connectivity index (χ3v) is 5.31. The Balaban J connectivity index is 2.11. The highest BCUT2D eigenvalue weighted by Gasteiger charge is 2.08. The van der Waals surface area contributed by atoms with Crippen molar-refractivity contribution in [3.8, 4) is 0 Å². The number of nitrogens with zero attached hydrogens (tertiary/aromatic N) is 2. The second-order valence-electron chi connectivity index (χ2n) is 3.88. The van der Waals surface area contributed by atoms with E-state index in [1.165, 1.54) is 4.90 Å². The molecule has 100 valence electrons. The Morgan fingerprint density at radius 3 is 2.58 bits per heavy atom. The summed E-state index contributed by atoms with van der Waals surface area (Å²) < 4.78 is 2.17. The van der Waals surface area contributed by atoms with Crippen LogP contribution in [-0.4, -0.2) is 17.0 Å². The monoisotopic (exact) mass is 449 g/mol. The molecule has 0 radical (unpaired) electrons. The molecule has 0 saturated heterocycles. The van der Waals surface area contributed by atoms with Crippen molar-refractivity contribution >= 4 is 56.1 Å². The van der Waals surface area contributed by atoms with E-state index in [1.807, 2.05) is 26.1 Å². The topological polar surface area (TPSA) is 37.8 Å². The lowest BCUT2D eigenvalue weighted by atomic mass is 10.4. The number of benzene rings is 1. The van der Waals surface area contributed by atoms with Crippen LogP contribution in [0.2, 0.25) is 0 Å². The van der Waals surface area contributed by atoms with E-state index < -0.39 is 0 Å². The van der Waals surface area contributed by atoms with Crippen molar-refractivity contribution in [1.82, 2.24) is 9.97 Å². The van der Waals surface area contributed by atoms with E-state index in [4.69, 9.17) is 0 Å². The molecule has 2 rings (SSSR count). The van der Waals surface area contributed by atoms with Gasteiger partial charge in [0.2, 0.25) is 0 Å². The van der Waals surface area contributed by atoms with Gasteiger partial charge in [0.05, 0.1) is 15.0 Å². The molecule has 2 aromatic rings. The van der Waals surface area contributed by atoms with Gasteiger partial charge in [-0.15, -0.1) is 11.8 Å². The van der Waals surface area contributed by atoms with Crippen LogP contribution in [0.4, 0.5) is 5.82 Å². The molecule has 1 aromatic carbocycles. The summed E-state index contributed by atoms with van der Waals surface area (Å²) in [6.07, 6.45) is 0. The zero-order valence-corrected chi connectivity index (χ0v) is 15.1. The molecular formula is C13H13BrIN3S. The summed E-state index contributed by atoms with van der Waals surface area (Å²) in [6.45, 7) is 2.01. The van der Waals surface area contributed by atoms with Crippen LogP contribution in [0.1, 0.15) is 11.5 Å². The van der Waals surface area contributed by atoms with Crippen molar-refractivity contribution < 1.29 is 0 Å². The summed E-state index contributed by atoms with van der Waals surface area (Å²) in [5.74, 6) is 2.53. The van der Waals surface area contributed by atoms with Gasteiger partial charge in [-0.05, 0) is 53.8 Å². The van der Waals surface area contributed by atoms with Gasteiger partial charge in [-0.3, -0.25) is 0 Å². The number of thioether (sulfide) groups is 1. The molecule has 6 heteroatoms. The first-order valence-corrected chi connectivity index (χ1v) is 8.55. The van der Waals surface area contributed by atoms with E-state index >= 15 is 0 Å². The molecule has 0 unspecified atom stereocenters. The molecule has 0 fully saturated rings. The van der Waals surface area contributed by atoms with Crippen LogP contribution in [0.15, 0.2) is 33.6 Å². The van der Waals surface area contributed by atoms with E-state index in [-0.39, 0.29) is 0 Å². The summed E-state index contributed by atoms with van der Waals surface area (Å²) in [4.78, 5) is 10.3. The zero-order chi connectivity index (χ0) is 13.8. The molecule has 0 aliphatic rings. The molecule has 0 saturated carbocycles.